The van der Waals surface area contributed by atoms with Gasteiger partial charge >= 0.3 is 0 Å². The second kappa shape index (κ2) is 4.91. The van der Waals surface area contributed by atoms with Gasteiger partial charge in [0.2, 0.25) is 0 Å². The third kappa shape index (κ3) is 3.24. The monoisotopic (exact) mass is 260 g/mol. The fraction of sp³-hybridized carbons (Fsp3) is 0.400. The maximum Gasteiger partial charge on any atom is 0.0485 e. The molecule has 1 unspecified atom stereocenters. The van der Waals surface area contributed by atoms with Crippen LogP contribution in [0.15, 0.2) is 22.7 Å². The molecular formula is C10H13BrOS. The molecule has 0 bridgehead atoms. The van der Waals surface area contributed by atoms with Crippen LogP contribution in [0.5, 0.6) is 0 Å². The van der Waals surface area contributed by atoms with E-state index >= 15 is 0 Å². The molecule has 0 aromatic heterocycles. The zero-order valence-electron chi connectivity index (χ0n) is 7.84. The van der Waals surface area contributed by atoms with Gasteiger partial charge in [-0.25, -0.2) is 0 Å². The normalized spacial score (nSPS) is 12.8. The summed E-state index contributed by atoms with van der Waals surface area (Å²) in [7, 11) is -0.714. The van der Waals surface area contributed by atoms with Crippen molar-refractivity contribution in [2.45, 2.75) is 19.6 Å². The number of hydrogen-bond donors (Lipinski definition) is 0. The Morgan fingerprint density at radius 3 is 2.69 bits per heavy atom. The van der Waals surface area contributed by atoms with Crippen molar-refractivity contribution >= 4 is 26.7 Å². The first-order valence-electron chi connectivity index (χ1n) is 4.23. The van der Waals surface area contributed by atoms with Crippen molar-refractivity contribution in [1.29, 1.82) is 0 Å². The molecule has 1 rings (SSSR count). The minimum atomic E-state index is -0.714. The number of halogens is 1. The van der Waals surface area contributed by atoms with Gasteiger partial charge in [-0.05, 0) is 24.1 Å². The zero-order valence-corrected chi connectivity index (χ0v) is 10.2. The second-order valence-corrected chi connectivity index (χ2v) is 5.56. The van der Waals surface area contributed by atoms with E-state index in [1.807, 2.05) is 32.0 Å². The molecule has 0 spiro atoms. The summed E-state index contributed by atoms with van der Waals surface area (Å²) in [5.74, 6) is 1.39. The summed E-state index contributed by atoms with van der Waals surface area (Å²) >= 11 is 3.46. The third-order valence-electron chi connectivity index (χ3n) is 1.89. The minimum absolute atomic E-state index is 0.662. The van der Waals surface area contributed by atoms with Gasteiger partial charge in [-0.1, -0.05) is 35.0 Å². The lowest BCUT2D eigenvalue weighted by Gasteiger charge is -2.02. The van der Waals surface area contributed by atoms with Crippen LogP contribution in [0, 0.1) is 6.92 Å². The van der Waals surface area contributed by atoms with Crippen LogP contribution in [0.4, 0.5) is 0 Å². The SMILES string of the molecule is CCS(=O)Cc1ccc(C)c(Br)c1. The standard InChI is InChI=1S/C10H13BrOS/c1-3-13(12)7-9-5-4-8(2)10(11)6-9/h4-6H,3,7H2,1-2H3. The highest BCUT2D eigenvalue weighted by atomic mass is 79.9. The molecule has 1 atom stereocenters. The highest BCUT2D eigenvalue weighted by Gasteiger charge is 2.01. The van der Waals surface area contributed by atoms with Gasteiger partial charge in [-0.2, -0.15) is 0 Å². The van der Waals surface area contributed by atoms with Crippen LogP contribution in [-0.2, 0) is 16.6 Å². The van der Waals surface area contributed by atoms with Gasteiger partial charge in [0.05, 0.1) is 0 Å². The maximum absolute atomic E-state index is 11.3. The van der Waals surface area contributed by atoms with Gasteiger partial charge in [0.1, 0.15) is 0 Å². The second-order valence-electron chi connectivity index (χ2n) is 2.96. The summed E-state index contributed by atoms with van der Waals surface area (Å²) in [5.41, 5.74) is 2.35. The molecule has 0 N–H and O–H groups in total. The van der Waals surface area contributed by atoms with Crippen molar-refractivity contribution in [2.75, 3.05) is 5.75 Å². The van der Waals surface area contributed by atoms with Crippen LogP contribution in [0.1, 0.15) is 18.1 Å². The molecule has 1 nitrogen and oxygen atoms in total. The van der Waals surface area contributed by atoms with E-state index < -0.39 is 10.8 Å². The molecule has 0 amide bonds. The van der Waals surface area contributed by atoms with Crippen LogP contribution >= 0.6 is 15.9 Å². The molecule has 0 aliphatic carbocycles. The lowest BCUT2D eigenvalue weighted by Crippen LogP contribution is -1.97. The van der Waals surface area contributed by atoms with Crippen LogP contribution in [0.2, 0.25) is 0 Å². The number of rotatable bonds is 3. The summed E-state index contributed by atoms with van der Waals surface area (Å²) in [4.78, 5) is 0. The van der Waals surface area contributed by atoms with E-state index in [0.717, 1.165) is 15.8 Å². The number of hydrogen-bond acceptors (Lipinski definition) is 1. The van der Waals surface area contributed by atoms with Gasteiger partial charge in [-0.15, -0.1) is 0 Å². The minimum Gasteiger partial charge on any atom is -0.259 e. The summed E-state index contributed by atoms with van der Waals surface area (Å²) < 4.78 is 12.4. The molecule has 0 aliphatic rings. The van der Waals surface area contributed by atoms with Crippen LogP contribution in [0.25, 0.3) is 0 Å². The van der Waals surface area contributed by atoms with Crippen LogP contribution in [0.3, 0.4) is 0 Å². The highest BCUT2D eigenvalue weighted by Crippen LogP contribution is 2.18. The summed E-state index contributed by atoms with van der Waals surface area (Å²) in [5, 5.41) is 0. The molecule has 0 saturated heterocycles. The lowest BCUT2D eigenvalue weighted by atomic mass is 10.2. The summed E-state index contributed by atoms with van der Waals surface area (Å²) in [6.07, 6.45) is 0. The van der Waals surface area contributed by atoms with E-state index in [1.54, 1.807) is 0 Å². The molecule has 3 heteroatoms. The Morgan fingerprint density at radius 1 is 1.46 bits per heavy atom. The first-order valence-corrected chi connectivity index (χ1v) is 6.51. The third-order valence-corrected chi connectivity index (χ3v) is 4.04. The van der Waals surface area contributed by atoms with Crippen molar-refractivity contribution in [1.82, 2.24) is 0 Å². The maximum atomic E-state index is 11.3. The largest absolute Gasteiger partial charge is 0.259 e. The first-order chi connectivity index (χ1) is 6.13. The van der Waals surface area contributed by atoms with Gasteiger partial charge in [-0.3, -0.25) is 4.21 Å². The average Bonchev–Trinajstić information content (AvgIpc) is 2.11. The smallest absolute Gasteiger partial charge is 0.0485 e. The summed E-state index contributed by atoms with van der Waals surface area (Å²) in [6, 6.07) is 6.13. The number of aryl methyl sites for hydroxylation is 1. The van der Waals surface area contributed by atoms with E-state index in [9.17, 15) is 4.21 Å². The zero-order chi connectivity index (χ0) is 9.84. The Kier molecular flexibility index (Phi) is 4.13. The molecule has 0 aliphatic heterocycles. The molecule has 0 heterocycles. The highest BCUT2D eigenvalue weighted by molar-refractivity contribution is 9.10. The van der Waals surface area contributed by atoms with E-state index in [2.05, 4.69) is 15.9 Å². The van der Waals surface area contributed by atoms with E-state index in [4.69, 9.17) is 0 Å². The van der Waals surface area contributed by atoms with Gasteiger partial charge < -0.3 is 0 Å². The molecule has 13 heavy (non-hydrogen) atoms. The fourth-order valence-electron chi connectivity index (χ4n) is 1.01. The lowest BCUT2D eigenvalue weighted by molar-refractivity contribution is 0.683. The van der Waals surface area contributed by atoms with Crippen molar-refractivity contribution in [3.05, 3.63) is 33.8 Å². The Labute approximate surface area is 90.1 Å². The Balaban J connectivity index is 2.79. The molecule has 0 saturated carbocycles. The summed E-state index contributed by atoms with van der Waals surface area (Å²) in [6.45, 7) is 3.99. The molecule has 72 valence electrons. The quantitative estimate of drug-likeness (QED) is 0.817. The van der Waals surface area contributed by atoms with E-state index in [1.165, 1.54) is 5.56 Å². The van der Waals surface area contributed by atoms with Crippen LogP contribution in [-0.4, -0.2) is 9.96 Å². The topological polar surface area (TPSA) is 17.1 Å². The predicted molar refractivity (Wildman–Crippen MR) is 61.3 cm³/mol. The van der Waals surface area contributed by atoms with E-state index in [0.29, 0.717) is 5.75 Å². The Bertz CT molecular complexity index is 323. The van der Waals surface area contributed by atoms with Crippen molar-refractivity contribution < 1.29 is 4.21 Å². The molecule has 0 radical (unpaired) electrons. The van der Waals surface area contributed by atoms with Crippen LogP contribution < -0.4 is 0 Å². The van der Waals surface area contributed by atoms with Gasteiger partial charge in [0.25, 0.3) is 0 Å². The van der Waals surface area contributed by atoms with Crippen molar-refractivity contribution in [2.24, 2.45) is 0 Å². The molecular weight excluding hydrogens is 248 g/mol. The number of benzene rings is 1. The fourth-order valence-corrected chi connectivity index (χ4v) is 2.20. The van der Waals surface area contributed by atoms with Crippen molar-refractivity contribution in [3.8, 4) is 0 Å². The average molecular weight is 261 g/mol. The van der Waals surface area contributed by atoms with E-state index in [-0.39, 0.29) is 0 Å². The molecule has 1 aromatic rings. The first kappa shape index (κ1) is 10.9. The predicted octanol–water partition coefficient (Wildman–Crippen LogP) is 3.03. The van der Waals surface area contributed by atoms with Gasteiger partial charge in [0.15, 0.2) is 0 Å². The van der Waals surface area contributed by atoms with Gasteiger partial charge in [0, 0.05) is 26.8 Å². The molecule has 0 fully saturated rings. The Hall–Kier alpha value is -0.150. The van der Waals surface area contributed by atoms with Crippen molar-refractivity contribution in [3.63, 3.8) is 0 Å². The molecule has 1 aromatic carbocycles. The Morgan fingerprint density at radius 2 is 2.15 bits per heavy atom.